The first kappa shape index (κ1) is 11.8. The molecule has 2 N–H and O–H groups in total. The monoisotopic (exact) mass is 267 g/mol. The van der Waals surface area contributed by atoms with Crippen molar-refractivity contribution < 1.29 is 9.84 Å². The predicted molar refractivity (Wildman–Crippen MR) is 78.2 cm³/mol. The van der Waals surface area contributed by atoms with Crippen LogP contribution >= 0.6 is 0 Å². The Balaban J connectivity index is 2.01. The van der Waals surface area contributed by atoms with Gasteiger partial charge in [0.1, 0.15) is 11.5 Å². The summed E-state index contributed by atoms with van der Waals surface area (Å²) in [4.78, 5) is 0. The van der Waals surface area contributed by atoms with Gasteiger partial charge in [-0.2, -0.15) is 0 Å². The second kappa shape index (κ2) is 4.25. The van der Waals surface area contributed by atoms with Crippen molar-refractivity contribution in [3.8, 4) is 22.6 Å². The third-order valence-corrected chi connectivity index (χ3v) is 4.41. The third-order valence-electron chi connectivity index (χ3n) is 4.41. The van der Waals surface area contributed by atoms with E-state index in [1.807, 2.05) is 12.1 Å². The van der Waals surface area contributed by atoms with Crippen LogP contribution in [0.2, 0.25) is 0 Å². The Kier molecular flexibility index (Phi) is 2.51. The summed E-state index contributed by atoms with van der Waals surface area (Å²) < 4.78 is 5.45. The van der Waals surface area contributed by atoms with Gasteiger partial charge < -0.3 is 15.2 Å². The zero-order valence-corrected chi connectivity index (χ0v) is 11.4. The van der Waals surface area contributed by atoms with E-state index in [-0.39, 0.29) is 0 Å². The van der Waals surface area contributed by atoms with Gasteiger partial charge in [-0.3, -0.25) is 0 Å². The average Bonchev–Trinajstić information content (AvgIpc) is 2.46. The number of hydrogen-bond donors (Lipinski definition) is 2. The van der Waals surface area contributed by atoms with Gasteiger partial charge in [-0.15, -0.1) is 0 Å². The van der Waals surface area contributed by atoms with E-state index in [9.17, 15) is 5.11 Å². The lowest BCUT2D eigenvalue weighted by molar-refractivity contribution is 0.412. The quantitative estimate of drug-likeness (QED) is 0.835. The van der Waals surface area contributed by atoms with Gasteiger partial charge in [0, 0.05) is 6.04 Å². The molecule has 2 aromatic rings. The molecule has 102 valence electrons. The topological polar surface area (TPSA) is 41.5 Å². The lowest BCUT2D eigenvalue weighted by Crippen LogP contribution is -2.33. The highest BCUT2D eigenvalue weighted by Gasteiger charge is 2.30. The van der Waals surface area contributed by atoms with Crippen LogP contribution < -0.4 is 10.1 Å². The molecule has 20 heavy (non-hydrogen) atoms. The molecule has 0 aromatic heterocycles. The number of hydrogen-bond acceptors (Lipinski definition) is 3. The van der Waals surface area contributed by atoms with E-state index in [4.69, 9.17) is 4.74 Å². The Morgan fingerprint density at radius 2 is 2.05 bits per heavy atom. The minimum absolute atomic E-state index is 0.339. The standard InChI is InChI=1S/C17H17NO2/c1-20-13-7-10-4-5-18-16-8-11-6-12(19)2-3-14(11)15(9-13)17(10)16/h2-3,6-7,9,16,18-19H,4-5,8H2,1H3. The van der Waals surface area contributed by atoms with Gasteiger partial charge in [0.15, 0.2) is 0 Å². The number of aromatic hydroxyl groups is 1. The lowest BCUT2D eigenvalue weighted by atomic mass is 9.78. The van der Waals surface area contributed by atoms with Crippen LogP contribution in [0.4, 0.5) is 0 Å². The van der Waals surface area contributed by atoms with Gasteiger partial charge in [-0.1, -0.05) is 6.07 Å². The van der Waals surface area contributed by atoms with Crippen LogP contribution in [0.5, 0.6) is 11.5 Å². The Labute approximate surface area is 118 Å². The molecule has 0 bridgehead atoms. The summed E-state index contributed by atoms with van der Waals surface area (Å²) in [6, 6.07) is 10.3. The van der Waals surface area contributed by atoms with E-state index in [0.717, 1.165) is 25.1 Å². The Bertz CT molecular complexity index is 694. The summed E-state index contributed by atoms with van der Waals surface area (Å²) in [5, 5.41) is 13.3. The van der Waals surface area contributed by atoms with E-state index in [0.29, 0.717) is 11.8 Å². The first-order valence-corrected chi connectivity index (χ1v) is 7.02. The number of benzene rings is 2. The summed E-state index contributed by atoms with van der Waals surface area (Å²) in [6.07, 6.45) is 1.99. The molecule has 1 aliphatic heterocycles. The fourth-order valence-corrected chi connectivity index (χ4v) is 3.53. The molecule has 0 fully saturated rings. The Morgan fingerprint density at radius 1 is 1.15 bits per heavy atom. The van der Waals surface area contributed by atoms with Gasteiger partial charge in [-0.25, -0.2) is 0 Å². The van der Waals surface area contributed by atoms with E-state index in [1.54, 1.807) is 13.2 Å². The number of nitrogens with one attached hydrogen (secondary N) is 1. The maximum atomic E-state index is 9.72. The molecule has 0 spiro atoms. The van der Waals surface area contributed by atoms with Gasteiger partial charge in [0.05, 0.1) is 7.11 Å². The van der Waals surface area contributed by atoms with E-state index < -0.39 is 0 Å². The summed E-state index contributed by atoms with van der Waals surface area (Å²) in [5.74, 6) is 1.26. The van der Waals surface area contributed by atoms with E-state index in [1.165, 1.54) is 27.8 Å². The summed E-state index contributed by atoms with van der Waals surface area (Å²) in [6.45, 7) is 0.998. The summed E-state index contributed by atoms with van der Waals surface area (Å²) in [5.41, 5.74) is 6.48. The molecule has 0 amide bonds. The molecule has 0 saturated carbocycles. The number of methoxy groups -OCH3 is 1. The van der Waals surface area contributed by atoms with Crippen LogP contribution in [0, 0.1) is 0 Å². The normalized spacial score (nSPS) is 19.1. The molecule has 2 aliphatic rings. The summed E-state index contributed by atoms with van der Waals surface area (Å²) in [7, 11) is 1.72. The fourth-order valence-electron chi connectivity index (χ4n) is 3.53. The molecule has 1 heterocycles. The molecule has 1 unspecified atom stereocenters. The SMILES string of the molecule is COc1cc2c3c(c1)-c1ccc(O)cc1CC3NCC2. The van der Waals surface area contributed by atoms with Crippen LogP contribution in [-0.2, 0) is 12.8 Å². The fraction of sp³-hybridized carbons (Fsp3) is 0.294. The minimum atomic E-state index is 0.339. The lowest BCUT2D eigenvalue weighted by Gasteiger charge is -2.34. The predicted octanol–water partition coefficient (Wildman–Crippen LogP) is 2.81. The molecule has 2 aromatic carbocycles. The van der Waals surface area contributed by atoms with Crippen molar-refractivity contribution in [2.45, 2.75) is 18.9 Å². The number of phenolic OH excluding ortho intramolecular Hbond substituents is 1. The Hall–Kier alpha value is -2.00. The van der Waals surface area contributed by atoms with Crippen molar-refractivity contribution >= 4 is 0 Å². The molecular weight excluding hydrogens is 250 g/mol. The van der Waals surface area contributed by atoms with Gasteiger partial charge in [0.25, 0.3) is 0 Å². The van der Waals surface area contributed by atoms with Crippen LogP contribution in [0.3, 0.4) is 0 Å². The molecule has 3 nitrogen and oxygen atoms in total. The number of phenols is 1. The van der Waals surface area contributed by atoms with Crippen LogP contribution in [0.15, 0.2) is 30.3 Å². The molecule has 0 saturated heterocycles. The smallest absolute Gasteiger partial charge is 0.119 e. The van der Waals surface area contributed by atoms with Crippen molar-refractivity contribution in [1.29, 1.82) is 0 Å². The average molecular weight is 267 g/mol. The highest BCUT2D eigenvalue weighted by molar-refractivity contribution is 5.77. The Morgan fingerprint density at radius 3 is 2.90 bits per heavy atom. The van der Waals surface area contributed by atoms with Gasteiger partial charge in [-0.05, 0) is 71.5 Å². The van der Waals surface area contributed by atoms with Gasteiger partial charge >= 0.3 is 0 Å². The van der Waals surface area contributed by atoms with E-state index >= 15 is 0 Å². The van der Waals surface area contributed by atoms with Gasteiger partial charge in [0.2, 0.25) is 0 Å². The number of fused-ring (bicyclic) bond motifs is 2. The largest absolute Gasteiger partial charge is 0.508 e. The number of ether oxygens (including phenoxy) is 1. The molecule has 0 radical (unpaired) electrons. The first-order chi connectivity index (χ1) is 9.76. The highest BCUT2D eigenvalue weighted by Crippen LogP contribution is 2.44. The zero-order chi connectivity index (χ0) is 13.7. The van der Waals surface area contributed by atoms with Crippen LogP contribution in [0.1, 0.15) is 22.7 Å². The minimum Gasteiger partial charge on any atom is -0.508 e. The van der Waals surface area contributed by atoms with Crippen LogP contribution in [0.25, 0.3) is 11.1 Å². The first-order valence-electron chi connectivity index (χ1n) is 7.02. The van der Waals surface area contributed by atoms with Crippen LogP contribution in [-0.4, -0.2) is 18.8 Å². The molecule has 4 rings (SSSR count). The molecule has 3 heteroatoms. The summed E-state index contributed by atoms with van der Waals surface area (Å²) >= 11 is 0. The van der Waals surface area contributed by atoms with Crippen molar-refractivity contribution in [1.82, 2.24) is 5.32 Å². The maximum absolute atomic E-state index is 9.72. The second-order valence-electron chi connectivity index (χ2n) is 5.55. The van der Waals surface area contributed by atoms with Crippen molar-refractivity contribution in [2.24, 2.45) is 0 Å². The van der Waals surface area contributed by atoms with Crippen molar-refractivity contribution in [2.75, 3.05) is 13.7 Å². The third kappa shape index (κ3) is 1.63. The molecule has 1 aliphatic carbocycles. The highest BCUT2D eigenvalue weighted by atomic mass is 16.5. The maximum Gasteiger partial charge on any atom is 0.119 e. The second-order valence-corrected chi connectivity index (χ2v) is 5.55. The van der Waals surface area contributed by atoms with Crippen molar-refractivity contribution in [3.05, 3.63) is 47.0 Å². The van der Waals surface area contributed by atoms with E-state index in [2.05, 4.69) is 17.4 Å². The zero-order valence-electron chi connectivity index (χ0n) is 11.4. The molecular formula is C17H17NO2. The van der Waals surface area contributed by atoms with Crippen molar-refractivity contribution in [3.63, 3.8) is 0 Å². The molecule has 1 atom stereocenters. The number of rotatable bonds is 1.